The third-order valence-electron chi connectivity index (χ3n) is 9.45. The Morgan fingerprint density at radius 3 is 2.29 bits per heavy atom. The summed E-state index contributed by atoms with van der Waals surface area (Å²) in [5.41, 5.74) is -0.551. The van der Waals surface area contributed by atoms with Crippen molar-refractivity contribution in [3.8, 4) is 5.75 Å². The Kier molecular flexibility index (Phi) is 7.87. The van der Waals surface area contributed by atoms with Gasteiger partial charge in [-0.25, -0.2) is 0 Å². The Balaban J connectivity index is 1.67. The molecular formula is C32H34F3N3O7. The quantitative estimate of drug-likeness (QED) is 0.302. The minimum Gasteiger partial charge on any atom is -0.508 e. The highest BCUT2D eigenvalue weighted by atomic mass is 19.4. The molecule has 3 aliphatic carbocycles. The number of primary amides is 1. The van der Waals surface area contributed by atoms with E-state index in [2.05, 4.69) is 0 Å². The number of benzene rings is 2. The third-order valence-corrected chi connectivity index (χ3v) is 9.45. The minimum absolute atomic E-state index is 0.221. The molecule has 45 heavy (non-hydrogen) atoms. The summed E-state index contributed by atoms with van der Waals surface area (Å²) >= 11 is 0. The molecule has 6 N–H and O–H groups in total. The normalized spacial score (nSPS) is 25.8. The van der Waals surface area contributed by atoms with Gasteiger partial charge < -0.3 is 26.2 Å². The van der Waals surface area contributed by atoms with E-state index in [9.17, 15) is 48.0 Å². The number of rotatable bonds is 6. The number of amides is 1. The standard InChI is InChI=1S/C32H34F3N3O7/c1-14(15-8-6-5-7-9-15)38(4)13-17-12-20(39)22-18(24(17)32(33,34)35)10-16-11-19-25(37(2)3)27(41)23(30(36)44)29(43)31(19,45)28(42)21(16)26(22)40/h5-9,12,14,16,19,25,39-40,43,45H,10-11,13H2,1-4H3,(H2,36,44)/t14?,16-,19-,25-,31-/m0/s1. The van der Waals surface area contributed by atoms with Gasteiger partial charge >= 0.3 is 6.18 Å². The number of carbonyl (C=O) groups excluding carboxylic acids is 3. The highest BCUT2D eigenvalue weighted by Crippen LogP contribution is 2.54. The van der Waals surface area contributed by atoms with Gasteiger partial charge in [-0.15, -0.1) is 0 Å². The van der Waals surface area contributed by atoms with Crippen molar-refractivity contribution >= 4 is 23.2 Å². The van der Waals surface area contributed by atoms with Crippen LogP contribution in [0.2, 0.25) is 0 Å². The van der Waals surface area contributed by atoms with Crippen LogP contribution in [0.15, 0.2) is 53.3 Å². The number of aromatic hydroxyl groups is 1. The van der Waals surface area contributed by atoms with E-state index < -0.39 is 98.7 Å². The minimum atomic E-state index is -4.93. The van der Waals surface area contributed by atoms with Crippen molar-refractivity contribution in [2.24, 2.45) is 17.6 Å². The van der Waals surface area contributed by atoms with Crippen LogP contribution >= 0.6 is 0 Å². The van der Waals surface area contributed by atoms with Crippen molar-refractivity contribution in [3.05, 3.63) is 81.1 Å². The molecule has 0 bridgehead atoms. The van der Waals surface area contributed by atoms with E-state index >= 15 is 0 Å². The van der Waals surface area contributed by atoms with Gasteiger partial charge in [-0.1, -0.05) is 30.3 Å². The predicted molar refractivity (Wildman–Crippen MR) is 156 cm³/mol. The van der Waals surface area contributed by atoms with Gasteiger partial charge in [-0.3, -0.25) is 24.2 Å². The molecule has 13 heteroatoms. The topological polar surface area (TPSA) is 165 Å². The molecule has 2 aromatic rings. The van der Waals surface area contributed by atoms with Gasteiger partial charge in [0.1, 0.15) is 22.8 Å². The van der Waals surface area contributed by atoms with Gasteiger partial charge in [0.15, 0.2) is 11.4 Å². The van der Waals surface area contributed by atoms with Gasteiger partial charge in [-0.2, -0.15) is 13.2 Å². The number of halogens is 3. The summed E-state index contributed by atoms with van der Waals surface area (Å²) in [6.45, 7) is 1.61. The second kappa shape index (κ2) is 11.0. The van der Waals surface area contributed by atoms with Crippen molar-refractivity contribution < 1.29 is 48.0 Å². The summed E-state index contributed by atoms with van der Waals surface area (Å²) in [5.74, 6) is -9.13. The first-order valence-corrected chi connectivity index (χ1v) is 14.3. The first-order chi connectivity index (χ1) is 20.9. The number of nitrogens with two attached hydrogens (primary N) is 1. The third kappa shape index (κ3) is 4.89. The molecule has 0 heterocycles. The molecule has 1 unspecified atom stereocenters. The fourth-order valence-electron chi connectivity index (χ4n) is 7.25. The largest absolute Gasteiger partial charge is 0.508 e. The molecule has 0 aliphatic heterocycles. The second-order valence-corrected chi connectivity index (χ2v) is 12.2. The van der Waals surface area contributed by atoms with Crippen LogP contribution in [0, 0.1) is 11.8 Å². The average Bonchev–Trinajstić information content (AvgIpc) is 2.93. The fourth-order valence-corrected chi connectivity index (χ4v) is 7.25. The van der Waals surface area contributed by atoms with Crippen LogP contribution in [0.3, 0.4) is 0 Å². The summed E-state index contributed by atoms with van der Waals surface area (Å²) in [4.78, 5) is 42.3. The lowest BCUT2D eigenvalue weighted by Gasteiger charge is -2.50. The summed E-state index contributed by atoms with van der Waals surface area (Å²) in [7, 11) is 4.52. The maximum absolute atomic E-state index is 14.9. The van der Waals surface area contributed by atoms with Crippen LogP contribution in [0.25, 0.3) is 5.76 Å². The van der Waals surface area contributed by atoms with E-state index in [1.165, 1.54) is 19.0 Å². The van der Waals surface area contributed by atoms with Crippen molar-refractivity contribution in [2.45, 2.75) is 50.2 Å². The van der Waals surface area contributed by atoms with Crippen LogP contribution < -0.4 is 5.73 Å². The molecule has 1 fully saturated rings. The average molecular weight is 630 g/mol. The molecule has 10 nitrogen and oxygen atoms in total. The summed E-state index contributed by atoms with van der Waals surface area (Å²) in [6, 6.07) is 8.40. The monoisotopic (exact) mass is 629 g/mol. The lowest BCUT2D eigenvalue weighted by molar-refractivity contribution is -0.153. The molecule has 1 amide bonds. The van der Waals surface area contributed by atoms with E-state index in [-0.39, 0.29) is 24.6 Å². The summed E-state index contributed by atoms with van der Waals surface area (Å²) in [5, 5.41) is 45.0. The highest BCUT2D eigenvalue weighted by Gasteiger charge is 2.64. The number of phenols is 1. The number of carbonyl (C=O) groups is 3. The lowest BCUT2D eigenvalue weighted by Crippen LogP contribution is -2.65. The number of nitrogens with zero attached hydrogens (tertiary/aromatic N) is 2. The first-order valence-electron chi connectivity index (χ1n) is 14.3. The molecule has 240 valence electrons. The van der Waals surface area contributed by atoms with Crippen molar-refractivity contribution in [1.82, 2.24) is 9.80 Å². The Morgan fingerprint density at radius 1 is 1.11 bits per heavy atom. The van der Waals surface area contributed by atoms with Crippen molar-refractivity contribution in [2.75, 3.05) is 21.1 Å². The Labute approximate surface area is 256 Å². The van der Waals surface area contributed by atoms with Crippen LogP contribution in [0.4, 0.5) is 13.2 Å². The van der Waals surface area contributed by atoms with E-state index in [0.29, 0.717) is 0 Å². The maximum Gasteiger partial charge on any atom is 0.417 e. The van der Waals surface area contributed by atoms with E-state index in [4.69, 9.17) is 5.73 Å². The van der Waals surface area contributed by atoms with Crippen molar-refractivity contribution in [3.63, 3.8) is 0 Å². The number of alkyl halides is 3. The molecule has 0 radical (unpaired) electrons. The number of ketones is 2. The zero-order valence-corrected chi connectivity index (χ0v) is 25.0. The molecule has 0 spiro atoms. The van der Waals surface area contributed by atoms with E-state index in [1.54, 1.807) is 11.9 Å². The van der Waals surface area contributed by atoms with Crippen LogP contribution in [0.1, 0.15) is 47.2 Å². The Bertz CT molecular complexity index is 1670. The van der Waals surface area contributed by atoms with E-state index in [0.717, 1.165) is 11.6 Å². The second-order valence-electron chi connectivity index (χ2n) is 12.2. The van der Waals surface area contributed by atoms with Gasteiger partial charge in [0.05, 0.1) is 17.2 Å². The molecular weight excluding hydrogens is 595 g/mol. The molecule has 5 atom stereocenters. The van der Waals surface area contributed by atoms with Crippen LogP contribution in [-0.2, 0) is 33.5 Å². The van der Waals surface area contributed by atoms with Crippen LogP contribution in [0.5, 0.6) is 5.75 Å². The molecule has 3 aliphatic rings. The number of aliphatic hydroxyl groups excluding tert-OH is 2. The number of aliphatic hydroxyl groups is 3. The number of hydrogen-bond acceptors (Lipinski definition) is 9. The number of fused-ring (bicyclic) bond motifs is 3. The molecule has 2 aromatic carbocycles. The smallest absolute Gasteiger partial charge is 0.417 e. The first kappa shape index (κ1) is 32.2. The fraction of sp³-hybridized carbons (Fsp3) is 0.406. The summed E-state index contributed by atoms with van der Waals surface area (Å²) < 4.78 is 44.6. The van der Waals surface area contributed by atoms with Gasteiger partial charge in [0.25, 0.3) is 5.91 Å². The molecule has 5 rings (SSSR count). The number of Topliss-reactive ketones (excluding diaryl/α,β-unsaturated/α-hetero) is 2. The highest BCUT2D eigenvalue weighted by molar-refractivity contribution is 6.24. The predicted octanol–water partition coefficient (Wildman–Crippen LogP) is 3.18. The maximum atomic E-state index is 14.9. The van der Waals surface area contributed by atoms with E-state index in [1.807, 2.05) is 37.3 Å². The zero-order chi connectivity index (χ0) is 33.3. The van der Waals surface area contributed by atoms with Gasteiger partial charge in [0.2, 0.25) is 5.78 Å². The van der Waals surface area contributed by atoms with Gasteiger partial charge in [-0.05, 0) is 69.6 Å². The van der Waals surface area contributed by atoms with Crippen molar-refractivity contribution in [1.29, 1.82) is 0 Å². The van der Waals surface area contributed by atoms with Gasteiger partial charge in [0, 0.05) is 24.1 Å². The molecule has 0 saturated heterocycles. The SMILES string of the molecule is CC(c1ccccc1)N(C)Cc1cc(O)c2c(c1C(F)(F)F)C[C@H]1C[C@H]3[C@H](N(C)C)C(=O)C(C(N)=O)=C(O)[C@@]3(O)C(=O)C1=C2O. The molecule has 0 aromatic heterocycles. The number of phenolic OH excluding ortho intramolecular Hbond substituents is 1. The number of likely N-dealkylation sites (N-methyl/N-ethyl adjacent to an activating group) is 1. The zero-order valence-electron chi connectivity index (χ0n) is 25.0. The lowest BCUT2D eigenvalue weighted by atomic mass is 9.57. The molecule has 1 saturated carbocycles. The van der Waals surface area contributed by atoms with Crippen LogP contribution in [-0.4, -0.2) is 80.5 Å². The summed E-state index contributed by atoms with van der Waals surface area (Å²) in [6.07, 6.45) is -5.72. The Morgan fingerprint density at radius 2 is 1.73 bits per heavy atom. The Hall–Kier alpha value is -4.20. The number of hydrogen-bond donors (Lipinski definition) is 5.